The minimum absolute atomic E-state index is 0.110. The van der Waals surface area contributed by atoms with Gasteiger partial charge in [0.2, 0.25) is 5.91 Å². The van der Waals surface area contributed by atoms with E-state index in [1.165, 1.54) is 5.56 Å². The van der Waals surface area contributed by atoms with E-state index >= 15 is 0 Å². The van der Waals surface area contributed by atoms with Crippen LogP contribution in [0.3, 0.4) is 0 Å². The molecule has 4 rings (SSSR count). The fourth-order valence-corrected chi connectivity index (χ4v) is 4.99. The fourth-order valence-electron chi connectivity index (χ4n) is 3.84. The van der Waals surface area contributed by atoms with Crippen LogP contribution in [-0.2, 0) is 11.2 Å². The lowest BCUT2D eigenvalue weighted by Crippen LogP contribution is -2.28. The summed E-state index contributed by atoms with van der Waals surface area (Å²) in [5, 5.41) is 2.88. The molecule has 3 aromatic carbocycles. The first-order chi connectivity index (χ1) is 15.1. The molecule has 4 nitrogen and oxygen atoms in total. The number of thioether (sulfide) groups is 1. The molecule has 0 bridgehead atoms. The average Bonchev–Trinajstić information content (AvgIpc) is 3.16. The monoisotopic (exact) mass is 430 g/mol. The lowest BCUT2D eigenvalue weighted by Gasteiger charge is -2.27. The number of hydrogen-bond donors (Lipinski definition) is 1. The summed E-state index contributed by atoms with van der Waals surface area (Å²) < 4.78 is 0. The van der Waals surface area contributed by atoms with E-state index in [-0.39, 0.29) is 17.2 Å². The Morgan fingerprint density at radius 2 is 1.84 bits per heavy atom. The number of anilines is 2. The maximum Gasteiger partial charge on any atom is 0.255 e. The van der Waals surface area contributed by atoms with Crippen LogP contribution in [0.4, 0.5) is 11.4 Å². The van der Waals surface area contributed by atoms with E-state index in [0.717, 1.165) is 35.3 Å². The number of para-hydroxylation sites is 1. The molecular weight excluding hydrogens is 404 g/mol. The zero-order valence-corrected chi connectivity index (χ0v) is 18.6. The van der Waals surface area contributed by atoms with Crippen molar-refractivity contribution < 1.29 is 9.59 Å². The van der Waals surface area contributed by atoms with Crippen molar-refractivity contribution in [2.45, 2.75) is 32.1 Å². The van der Waals surface area contributed by atoms with Crippen molar-refractivity contribution >= 4 is 35.0 Å². The summed E-state index contributed by atoms with van der Waals surface area (Å²) in [6, 6.07) is 23.5. The Labute approximate surface area is 187 Å². The number of nitrogens with one attached hydrogen (secondary N) is 1. The molecule has 1 atom stereocenters. The van der Waals surface area contributed by atoms with Gasteiger partial charge in [-0.1, -0.05) is 61.4 Å². The maximum atomic E-state index is 12.8. The van der Waals surface area contributed by atoms with Crippen molar-refractivity contribution in [2.24, 2.45) is 0 Å². The molecule has 5 heteroatoms. The molecule has 31 heavy (non-hydrogen) atoms. The van der Waals surface area contributed by atoms with Crippen molar-refractivity contribution in [3.05, 3.63) is 95.1 Å². The predicted octanol–water partition coefficient (Wildman–Crippen LogP) is 5.98. The standard InChI is InChI=1S/C26H26N2O2S/c1-3-7-19-8-4-5-11-23(19)28-24(29)17-31-26(28)21-9-6-10-22(16-21)27-25(30)20-14-12-18(2)13-15-20/h4-6,8-16,26H,3,7,17H2,1-2H3,(H,27,30). The van der Waals surface area contributed by atoms with E-state index in [4.69, 9.17) is 0 Å². The van der Waals surface area contributed by atoms with Gasteiger partial charge in [0.15, 0.2) is 0 Å². The van der Waals surface area contributed by atoms with Gasteiger partial charge in [-0.25, -0.2) is 0 Å². The minimum Gasteiger partial charge on any atom is -0.322 e. The van der Waals surface area contributed by atoms with Crippen LogP contribution in [-0.4, -0.2) is 17.6 Å². The molecule has 1 unspecified atom stereocenters. The number of carbonyl (C=O) groups is 2. The Balaban J connectivity index is 1.60. The van der Waals surface area contributed by atoms with Crippen molar-refractivity contribution in [3.8, 4) is 0 Å². The number of aryl methyl sites for hydroxylation is 2. The molecule has 3 aromatic rings. The zero-order chi connectivity index (χ0) is 21.8. The Kier molecular flexibility index (Phi) is 6.42. The number of rotatable bonds is 6. The SMILES string of the molecule is CCCc1ccccc1N1C(=O)CSC1c1cccc(NC(=O)c2ccc(C)cc2)c1. The number of benzene rings is 3. The van der Waals surface area contributed by atoms with Gasteiger partial charge in [0.1, 0.15) is 5.37 Å². The normalized spacial score (nSPS) is 15.9. The fraction of sp³-hybridized carbons (Fsp3) is 0.231. The summed E-state index contributed by atoms with van der Waals surface area (Å²) in [5.74, 6) is 0.426. The van der Waals surface area contributed by atoms with Gasteiger partial charge in [0.05, 0.1) is 5.75 Å². The average molecular weight is 431 g/mol. The van der Waals surface area contributed by atoms with Crippen LogP contribution in [0.1, 0.15) is 45.8 Å². The first-order valence-electron chi connectivity index (χ1n) is 10.6. The summed E-state index contributed by atoms with van der Waals surface area (Å²) in [6.45, 7) is 4.14. The Bertz CT molecular complexity index is 1090. The molecule has 1 aliphatic rings. The predicted molar refractivity (Wildman–Crippen MR) is 129 cm³/mol. The van der Waals surface area contributed by atoms with Gasteiger partial charge < -0.3 is 5.32 Å². The molecular formula is C26H26N2O2S. The molecule has 1 heterocycles. The summed E-state index contributed by atoms with van der Waals surface area (Å²) in [4.78, 5) is 27.4. The highest BCUT2D eigenvalue weighted by molar-refractivity contribution is 8.00. The van der Waals surface area contributed by atoms with E-state index in [1.807, 2.05) is 78.6 Å². The van der Waals surface area contributed by atoms with Gasteiger partial charge in [-0.3, -0.25) is 14.5 Å². The topological polar surface area (TPSA) is 49.4 Å². The van der Waals surface area contributed by atoms with E-state index in [1.54, 1.807) is 11.8 Å². The van der Waals surface area contributed by atoms with E-state index < -0.39 is 0 Å². The molecule has 2 amide bonds. The molecule has 0 aromatic heterocycles. The molecule has 1 fully saturated rings. The van der Waals surface area contributed by atoms with Crippen molar-refractivity contribution in [3.63, 3.8) is 0 Å². The van der Waals surface area contributed by atoms with Crippen LogP contribution < -0.4 is 10.2 Å². The summed E-state index contributed by atoms with van der Waals surface area (Å²) in [6.07, 6.45) is 1.96. The largest absolute Gasteiger partial charge is 0.322 e. The number of amides is 2. The van der Waals surface area contributed by atoms with E-state index in [9.17, 15) is 9.59 Å². The van der Waals surface area contributed by atoms with Crippen LogP contribution in [0.25, 0.3) is 0 Å². The number of carbonyl (C=O) groups excluding carboxylic acids is 2. The molecule has 1 saturated heterocycles. The van der Waals surface area contributed by atoms with Crippen LogP contribution in [0, 0.1) is 6.92 Å². The summed E-state index contributed by atoms with van der Waals surface area (Å²) in [7, 11) is 0. The summed E-state index contributed by atoms with van der Waals surface area (Å²) in [5.41, 5.74) is 5.64. The molecule has 0 saturated carbocycles. The van der Waals surface area contributed by atoms with Gasteiger partial charge in [0, 0.05) is 16.9 Å². The lowest BCUT2D eigenvalue weighted by molar-refractivity contribution is -0.115. The van der Waals surface area contributed by atoms with E-state index in [2.05, 4.69) is 18.3 Å². The van der Waals surface area contributed by atoms with Crippen molar-refractivity contribution in [2.75, 3.05) is 16.0 Å². The molecule has 0 spiro atoms. The molecule has 0 radical (unpaired) electrons. The Hall–Kier alpha value is -3.05. The third kappa shape index (κ3) is 4.67. The quantitative estimate of drug-likeness (QED) is 0.523. The van der Waals surface area contributed by atoms with Crippen molar-refractivity contribution in [1.29, 1.82) is 0 Å². The van der Waals surface area contributed by atoms with Crippen LogP contribution in [0.2, 0.25) is 0 Å². The molecule has 158 valence electrons. The maximum absolute atomic E-state index is 12.8. The van der Waals surface area contributed by atoms with Crippen molar-refractivity contribution in [1.82, 2.24) is 0 Å². The first kappa shape index (κ1) is 21.2. The first-order valence-corrected chi connectivity index (χ1v) is 11.6. The van der Waals surface area contributed by atoms with Crippen LogP contribution in [0.15, 0.2) is 72.8 Å². The third-order valence-corrected chi connectivity index (χ3v) is 6.59. The lowest BCUT2D eigenvalue weighted by atomic mass is 10.1. The number of nitrogens with zero attached hydrogens (tertiary/aromatic N) is 1. The molecule has 0 aliphatic carbocycles. The van der Waals surface area contributed by atoms with Gasteiger partial charge in [0.25, 0.3) is 5.91 Å². The smallest absolute Gasteiger partial charge is 0.255 e. The molecule has 1 N–H and O–H groups in total. The Morgan fingerprint density at radius 1 is 1.06 bits per heavy atom. The van der Waals surface area contributed by atoms with Gasteiger partial charge in [-0.15, -0.1) is 11.8 Å². The number of hydrogen-bond acceptors (Lipinski definition) is 3. The van der Waals surface area contributed by atoms with Crippen LogP contribution >= 0.6 is 11.8 Å². The minimum atomic E-state index is -0.141. The highest BCUT2D eigenvalue weighted by Crippen LogP contribution is 2.43. The third-order valence-electron chi connectivity index (χ3n) is 5.38. The zero-order valence-electron chi connectivity index (χ0n) is 17.8. The highest BCUT2D eigenvalue weighted by Gasteiger charge is 2.35. The second-order valence-corrected chi connectivity index (χ2v) is 8.82. The van der Waals surface area contributed by atoms with Gasteiger partial charge in [-0.2, -0.15) is 0 Å². The van der Waals surface area contributed by atoms with Gasteiger partial charge in [-0.05, 0) is 54.8 Å². The second-order valence-electron chi connectivity index (χ2n) is 7.75. The summed E-state index contributed by atoms with van der Waals surface area (Å²) >= 11 is 1.62. The highest BCUT2D eigenvalue weighted by atomic mass is 32.2. The van der Waals surface area contributed by atoms with Gasteiger partial charge >= 0.3 is 0 Å². The molecule has 1 aliphatic heterocycles. The Morgan fingerprint density at radius 3 is 2.61 bits per heavy atom. The second kappa shape index (κ2) is 9.40. The van der Waals surface area contributed by atoms with Crippen LogP contribution in [0.5, 0.6) is 0 Å². The van der Waals surface area contributed by atoms with E-state index in [0.29, 0.717) is 11.3 Å².